The zero-order valence-corrected chi connectivity index (χ0v) is 13.0. The van der Waals surface area contributed by atoms with Crippen LogP contribution in [0.25, 0.3) is 0 Å². The van der Waals surface area contributed by atoms with Crippen LogP contribution in [0.1, 0.15) is 24.5 Å². The van der Waals surface area contributed by atoms with Crippen LogP contribution >= 0.6 is 12.4 Å². The molecule has 1 aromatic rings. The van der Waals surface area contributed by atoms with Crippen LogP contribution in [0.4, 0.5) is 0 Å². The number of hydrogen-bond acceptors (Lipinski definition) is 3. The fourth-order valence-corrected chi connectivity index (χ4v) is 3.14. The molecular weight excluding hydrogens is 272 g/mol. The summed E-state index contributed by atoms with van der Waals surface area (Å²) in [6.45, 7) is 6.56. The summed E-state index contributed by atoms with van der Waals surface area (Å²) >= 11 is 0. The Morgan fingerprint density at radius 1 is 1.40 bits per heavy atom. The first-order valence-electron chi connectivity index (χ1n) is 7.45. The fourth-order valence-electron chi connectivity index (χ4n) is 3.14. The van der Waals surface area contributed by atoms with Gasteiger partial charge in [0.25, 0.3) is 0 Å². The summed E-state index contributed by atoms with van der Waals surface area (Å²) in [7, 11) is 0. The van der Waals surface area contributed by atoms with Crippen LogP contribution in [0.5, 0.6) is 5.75 Å². The topological polar surface area (TPSA) is 38.5 Å². The highest BCUT2D eigenvalue weighted by atomic mass is 35.5. The van der Waals surface area contributed by atoms with E-state index in [1.165, 1.54) is 11.1 Å². The zero-order chi connectivity index (χ0) is 13.2. The molecule has 112 valence electrons. The van der Waals surface area contributed by atoms with Gasteiger partial charge in [0.1, 0.15) is 5.75 Å². The van der Waals surface area contributed by atoms with E-state index in [1.54, 1.807) is 0 Å². The lowest BCUT2D eigenvalue weighted by Crippen LogP contribution is -2.46. The standard InChI is InChI=1S/C16H24N2O.ClH/c1-12-11-18(8-5-15(12)17)7-4-13-2-3-16-14(10-13)6-9-19-16;/h2-3,10,12,15H,4-9,11,17H2,1H3;1H. The molecule has 0 saturated carbocycles. The average Bonchev–Trinajstić information content (AvgIpc) is 2.87. The van der Waals surface area contributed by atoms with E-state index in [0.29, 0.717) is 12.0 Å². The van der Waals surface area contributed by atoms with Gasteiger partial charge in [-0.1, -0.05) is 19.1 Å². The normalized spacial score (nSPS) is 25.7. The smallest absolute Gasteiger partial charge is 0.122 e. The third kappa shape index (κ3) is 3.46. The van der Waals surface area contributed by atoms with Crippen LogP contribution in [0.3, 0.4) is 0 Å². The highest BCUT2D eigenvalue weighted by molar-refractivity contribution is 5.85. The Labute approximate surface area is 127 Å². The van der Waals surface area contributed by atoms with E-state index in [9.17, 15) is 0 Å². The molecule has 4 heteroatoms. The van der Waals surface area contributed by atoms with E-state index in [2.05, 4.69) is 30.0 Å². The Kier molecular flexibility index (Phi) is 5.30. The Balaban J connectivity index is 0.00000147. The van der Waals surface area contributed by atoms with Crippen molar-refractivity contribution < 1.29 is 4.74 Å². The van der Waals surface area contributed by atoms with Gasteiger partial charge in [-0.25, -0.2) is 0 Å². The molecule has 0 amide bonds. The van der Waals surface area contributed by atoms with Crippen molar-refractivity contribution in [3.63, 3.8) is 0 Å². The van der Waals surface area contributed by atoms with Crippen LogP contribution < -0.4 is 10.5 Å². The van der Waals surface area contributed by atoms with Crippen molar-refractivity contribution in [3.8, 4) is 5.75 Å². The van der Waals surface area contributed by atoms with Gasteiger partial charge in [0.05, 0.1) is 6.61 Å². The van der Waals surface area contributed by atoms with Crippen LogP contribution in [-0.2, 0) is 12.8 Å². The van der Waals surface area contributed by atoms with Crippen LogP contribution in [0.15, 0.2) is 18.2 Å². The van der Waals surface area contributed by atoms with Gasteiger partial charge in [0.15, 0.2) is 0 Å². The van der Waals surface area contributed by atoms with E-state index in [4.69, 9.17) is 10.5 Å². The van der Waals surface area contributed by atoms with E-state index < -0.39 is 0 Å². The Hall–Kier alpha value is -0.770. The monoisotopic (exact) mass is 296 g/mol. The maximum absolute atomic E-state index is 6.07. The number of hydrogen-bond donors (Lipinski definition) is 1. The SMILES string of the molecule is CC1CN(CCc2ccc3c(c2)CCO3)CCC1N.Cl. The molecule has 0 aliphatic carbocycles. The minimum absolute atomic E-state index is 0. The molecule has 2 aliphatic rings. The molecular formula is C16H25ClN2O. The van der Waals surface area contributed by atoms with Crippen molar-refractivity contribution in [2.24, 2.45) is 11.7 Å². The lowest BCUT2D eigenvalue weighted by molar-refractivity contribution is 0.166. The molecule has 1 saturated heterocycles. The van der Waals surface area contributed by atoms with Crippen molar-refractivity contribution in [2.45, 2.75) is 32.2 Å². The van der Waals surface area contributed by atoms with Crippen LogP contribution in [0, 0.1) is 5.92 Å². The number of benzene rings is 1. The molecule has 1 fully saturated rings. The average molecular weight is 297 g/mol. The molecule has 0 radical (unpaired) electrons. The molecule has 2 unspecified atom stereocenters. The fraction of sp³-hybridized carbons (Fsp3) is 0.625. The molecule has 2 aliphatic heterocycles. The number of nitrogens with zero attached hydrogens (tertiary/aromatic N) is 1. The molecule has 2 heterocycles. The molecule has 3 rings (SSSR count). The highest BCUT2D eigenvalue weighted by Crippen LogP contribution is 2.26. The summed E-state index contributed by atoms with van der Waals surface area (Å²) < 4.78 is 5.55. The van der Waals surface area contributed by atoms with Gasteiger partial charge in [-0.05, 0) is 42.5 Å². The molecule has 0 bridgehead atoms. The number of nitrogens with two attached hydrogens (primary N) is 1. The predicted octanol–water partition coefficient (Wildman–Crippen LogP) is 2.25. The van der Waals surface area contributed by atoms with Gasteiger partial charge >= 0.3 is 0 Å². The largest absolute Gasteiger partial charge is 0.493 e. The predicted molar refractivity (Wildman–Crippen MR) is 84.8 cm³/mol. The summed E-state index contributed by atoms with van der Waals surface area (Å²) in [5.41, 5.74) is 8.89. The quantitative estimate of drug-likeness (QED) is 0.930. The number of piperidine rings is 1. The maximum Gasteiger partial charge on any atom is 0.122 e. The van der Waals surface area contributed by atoms with Crippen molar-refractivity contribution in [1.82, 2.24) is 4.90 Å². The highest BCUT2D eigenvalue weighted by Gasteiger charge is 2.22. The number of likely N-dealkylation sites (tertiary alicyclic amines) is 1. The van der Waals surface area contributed by atoms with Crippen LogP contribution in [-0.4, -0.2) is 37.2 Å². The van der Waals surface area contributed by atoms with Crippen molar-refractivity contribution in [1.29, 1.82) is 0 Å². The van der Waals surface area contributed by atoms with E-state index >= 15 is 0 Å². The van der Waals surface area contributed by atoms with Crippen molar-refractivity contribution >= 4 is 12.4 Å². The van der Waals surface area contributed by atoms with Gasteiger partial charge in [-0.3, -0.25) is 0 Å². The molecule has 0 aromatic heterocycles. The van der Waals surface area contributed by atoms with E-state index in [-0.39, 0.29) is 12.4 Å². The van der Waals surface area contributed by atoms with Gasteiger partial charge < -0.3 is 15.4 Å². The molecule has 2 atom stereocenters. The van der Waals surface area contributed by atoms with E-state index in [1.807, 2.05) is 0 Å². The lowest BCUT2D eigenvalue weighted by atomic mass is 9.94. The molecule has 20 heavy (non-hydrogen) atoms. The first-order valence-corrected chi connectivity index (χ1v) is 7.45. The second-order valence-electron chi connectivity index (χ2n) is 6.02. The minimum atomic E-state index is 0. The summed E-state index contributed by atoms with van der Waals surface area (Å²) in [5, 5.41) is 0. The first kappa shape index (κ1) is 15.6. The number of ether oxygens (including phenoxy) is 1. The minimum Gasteiger partial charge on any atom is -0.493 e. The van der Waals surface area contributed by atoms with Gasteiger partial charge in [0.2, 0.25) is 0 Å². The third-order valence-corrected chi connectivity index (χ3v) is 4.53. The second kappa shape index (κ2) is 6.79. The molecule has 0 spiro atoms. The maximum atomic E-state index is 6.07. The van der Waals surface area contributed by atoms with Crippen molar-refractivity contribution in [2.75, 3.05) is 26.2 Å². The second-order valence-corrected chi connectivity index (χ2v) is 6.02. The molecule has 1 aromatic carbocycles. The first-order chi connectivity index (χ1) is 9.22. The Bertz CT molecular complexity index is 452. The Morgan fingerprint density at radius 2 is 2.25 bits per heavy atom. The molecule has 3 nitrogen and oxygen atoms in total. The van der Waals surface area contributed by atoms with Gasteiger partial charge in [-0.15, -0.1) is 12.4 Å². The van der Waals surface area contributed by atoms with Crippen molar-refractivity contribution in [3.05, 3.63) is 29.3 Å². The summed E-state index contributed by atoms with van der Waals surface area (Å²) in [6, 6.07) is 7.06. The Morgan fingerprint density at radius 3 is 3.05 bits per heavy atom. The summed E-state index contributed by atoms with van der Waals surface area (Å²) in [5.74, 6) is 1.71. The zero-order valence-electron chi connectivity index (χ0n) is 12.2. The van der Waals surface area contributed by atoms with Crippen LogP contribution in [0.2, 0.25) is 0 Å². The van der Waals surface area contributed by atoms with Gasteiger partial charge in [-0.2, -0.15) is 0 Å². The number of halogens is 1. The number of fused-ring (bicyclic) bond motifs is 1. The lowest BCUT2D eigenvalue weighted by Gasteiger charge is -2.35. The summed E-state index contributed by atoms with van der Waals surface area (Å²) in [4.78, 5) is 2.55. The number of rotatable bonds is 3. The van der Waals surface area contributed by atoms with E-state index in [0.717, 1.165) is 51.3 Å². The summed E-state index contributed by atoms with van der Waals surface area (Å²) in [6.07, 6.45) is 3.34. The third-order valence-electron chi connectivity index (χ3n) is 4.53. The molecule has 2 N–H and O–H groups in total. The van der Waals surface area contributed by atoms with Gasteiger partial charge in [0, 0.05) is 25.6 Å².